The van der Waals surface area contributed by atoms with E-state index >= 15 is 0 Å². The highest BCUT2D eigenvalue weighted by atomic mass is 14.8. The summed E-state index contributed by atoms with van der Waals surface area (Å²) in [7, 11) is 0. The predicted octanol–water partition coefficient (Wildman–Crippen LogP) is 13.9. The summed E-state index contributed by atoms with van der Waals surface area (Å²) in [6, 6.07) is 72.1. The molecule has 0 saturated heterocycles. The molecule has 0 fully saturated rings. The Balaban J connectivity index is 1.09. The minimum absolute atomic E-state index is 0.887. The van der Waals surface area contributed by atoms with E-state index in [-0.39, 0.29) is 0 Å². The van der Waals surface area contributed by atoms with E-state index in [9.17, 15) is 0 Å². The van der Waals surface area contributed by atoms with Crippen LogP contribution in [0.25, 0.3) is 111 Å². The molecule has 0 aliphatic heterocycles. The monoisotopic (exact) mass is 738 g/mol. The lowest BCUT2D eigenvalue weighted by Crippen LogP contribution is -1.94. The summed E-state index contributed by atoms with van der Waals surface area (Å²) in [4.78, 5) is 21.1. The molecule has 11 rings (SSSR count). The summed E-state index contributed by atoms with van der Waals surface area (Å²) in [5.74, 6) is 0. The highest BCUT2D eigenvalue weighted by molar-refractivity contribution is 6.11. The van der Waals surface area contributed by atoms with Crippen LogP contribution >= 0.6 is 0 Å². The van der Waals surface area contributed by atoms with Gasteiger partial charge in [-0.25, -0.2) is 19.9 Å². The van der Waals surface area contributed by atoms with Gasteiger partial charge < -0.3 is 0 Å². The molecular weight excluding hydrogens is 705 g/mol. The van der Waals surface area contributed by atoms with E-state index in [1.165, 1.54) is 0 Å². The number of benzene rings is 7. The third kappa shape index (κ3) is 5.96. The summed E-state index contributed by atoms with van der Waals surface area (Å²) in [6.45, 7) is 0. The van der Waals surface area contributed by atoms with Gasteiger partial charge in [0.05, 0.1) is 44.8 Å². The molecule has 270 valence electrons. The van der Waals surface area contributed by atoms with Crippen molar-refractivity contribution in [1.82, 2.24) is 19.9 Å². The Hall–Kier alpha value is -7.82. The topological polar surface area (TPSA) is 51.6 Å². The van der Waals surface area contributed by atoms with Crippen LogP contribution in [0.15, 0.2) is 206 Å². The Labute approximate surface area is 335 Å². The maximum Gasteiger partial charge on any atom is 0.0978 e. The molecular formula is C54H34N4. The molecule has 4 heterocycles. The molecule has 11 aromatic rings. The summed E-state index contributed by atoms with van der Waals surface area (Å²) in [5, 5.41) is 4.24. The number of pyridine rings is 4. The molecule has 0 radical (unpaired) electrons. The van der Waals surface area contributed by atoms with Crippen LogP contribution in [0, 0.1) is 0 Å². The molecule has 4 nitrogen and oxygen atoms in total. The number of fused-ring (bicyclic) bond motifs is 6. The average Bonchev–Trinajstić information content (AvgIpc) is 3.31. The maximum absolute atomic E-state index is 5.31. The summed E-state index contributed by atoms with van der Waals surface area (Å²) >= 11 is 0. The van der Waals surface area contributed by atoms with E-state index in [4.69, 9.17) is 19.9 Å². The van der Waals surface area contributed by atoms with Crippen molar-refractivity contribution >= 4 is 43.6 Å². The zero-order valence-electron chi connectivity index (χ0n) is 31.4. The number of nitrogens with zero attached hydrogens (tertiary/aromatic N) is 4. The van der Waals surface area contributed by atoms with E-state index in [0.717, 1.165) is 111 Å². The van der Waals surface area contributed by atoms with E-state index < -0.39 is 0 Å². The van der Waals surface area contributed by atoms with E-state index in [2.05, 4.69) is 182 Å². The van der Waals surface area contributed by atoms with Gasteiger partial charge in [0, 0.05) is 43.8 Å². The second kappa shape index (κ2) is 14.0. The van der Waals surface area contributed by atoms with Crippen molar-refractivity contribution in [3.05, 3.63) is 206 Å². The Morgan fingerprint density at radius 1 is 0.224 bits per heavy atom. The van der Waals surface area contributed by atoms with Gasteiger partial charge in [0.15, 0.2) is 0 Å². The molecule has 0 amide bonds. The normalized spacial score (nSPS) is 11.4. The summed E-state index contributed by atoms with van der Waals surface area (Å²) < 4.78 is 0. The summed E-state index contributed by atoms with van der Waals surface area (Å²) in [6.07, 6.45) is 0. The van der Waals surface area contributed by atoms with Crippen molar-refractivity contribution in [2.24, 2.45) is 0 Å². The first kappa shape index (κ1) is 33.5. The van der Waals surface area contributed by atoms with Gasteiger partial charge in [0.1, 0.15) is 0 Å². The lowest BCUT2D eigenvalue weighted by molar-refractivity contribution is 1.36. The maximum atomic E-state index is 5.31. The SMILES string of the molecule is c1ccc(-c2ccc3ccc4c(-c5ccc(-c6cc(-c7ccccc7)nc7c6ccc6ccc(-c8ccccc8)nc67)cc5)cc(-c5ccccc5)nc4c3n2)cc1. The number of aromatic nitrogens is 4. The Morgan fingerprint density at radius 2 is 0.534 bits per heavy atom. The van der Waals surface area contributed by atoms with Gasteiger partial charge >= 0.3 is 0 Å². The number of rotatable bonds is 6. The third-order valence-electron chi connectivity index (χ3n) is 11.1. The van der Waals surface area contributed by atoms with Crippen molar-refractivity contribution in [2.75, 3.05) is 0 Å². The van der Waals surface area contributed by atoms with Crippen molar-refractivity contribution in [3.8, 4) is 67.3 Å². The molecule has 0 unspecified atom stereocenters. The fraction of sp³-hybridized carbons (Fsp3) is 0. The standard InChI is InChI=1S/C54H34N4/c1-5-13-37(14-6-1)47-31-27-41-25-29-43-45(33-49(39-17-9-3-10-18-39)57-53(43)51(41)55-47)35-21-23-36(24-22-35)46-34-50(40-19-11-4-12-20-40)58-54-44(46)30-26-42-28-32-48(56-52(42)54)38-15-7-2-8-16-38/h1-34H. The quantitative estimate of drug-likeness (QED) is 0.159. The molecule has 0 bridgehead atoms. The fourth-order valence-electron chi connectivity index (χ4n) is 8.10. The van der Waals surface area contributed by atoms with Crippen molar-refractivity contribution in [1.29, 1.82) is 0 Å². The van der Waals surface area contributed by atoms with Crippen LogP contribution in [-0.2, 0) is 0 Å². The van der Waals surface area contributed by atoms with Gasteiger partial charge in [-0.2, -0.15) is 0 Å². The van der Waals surface area contributed by atoms with Crippen LogP contribution in [0.2, 0.25) is 0 Å². The lowest BCUT2D eigenvalue weighted by atomic mass is 9.93. The first-order valence-corrected chi connectivity index (χ1v) is 19.6. The smallest absolute Gasteiger partial charge is 0.0978 e. The second-order valence-electron chi connectivity index (χ2n) is 14.6. The highest BCUT2D eigenvalue weighted by Crippen LogP contribution is 2.39. The molecule has 0 atom stereocenters. The van der Waals surface area contributed by atoms with Crippen LogP contribution in [0.1, 0.15) is 0 Å². The third-order valence-corrected chi connectivity index (χ3v) is 11.1. The molecule has 0 saturated carbocycles. The largest absolute Gasteiger partial charge is 0.245 e. The van der Waals surface area contributed by atoms with Gasteiger partial charge in [0.2, 0.25) is 0 Å². The second-order valence-corrected chi connectivity index (χ2v) is 14.6. The van der Waals surface area contributed by atoms with Crippen molar-refractivity contribution in [3.63, 3.8) is 0 Å². The molecule has 0 aliphatic rings. The molecule has 58 heavy (non-hydrogen) atoms. The first-order chi connectivity index (χ1) is 28.7. The van der Waals surface area contributed by atoms with Crippen molar-refractivity contribution < 1.29 is 0 Å². The lowest BCUT2D eigenvalue weighted by Gasteiger charge is -2.15. The van der Waals surface area contributed by atoms with Crippen LogP contribution in [-0.4, -0.2) is 19.9 Å². The minimum atomic E-state index is 0.887. The minimum Gasteiger partial charge on any atom is -0.245 e. The van der Waals surface area contributed by atoms with Crippen LogP contribution in [0.4, 0.5) is 0 Å². The van der Waals surface area contributed by atoms with E-state index in [0.29, 0.717) is 0 Å². The van der Waals surface area contributed by atoms with E-state index in [1.807, 2.05) is 24.3 Å². The zero-order valence-corrected chi connectivity index (χ0v) is 31.4. The average molecular weight is 739 g/mol. The molecule has 0 aliphatic carbocycles. The predicted molar refractivity (Wildman–Crippen MR) is 240 cm³/mol. The van der Waals surface area contributed by atoms with Gasteiger partial charge in [-0.15, -0.1) is 0 Å². The first-order valence-electron chi connectivity index (χ1n) is 19.6. The van der Waals surface area contributed by atoms with Gasteiger partial charge in [-0.1, -0.05) is 182 Å². The van der Waals surface area contributed by atoms with Gasteiger partial charge in [-0.05, 0) is 46.5 Å². The molecule has 7 aromatic carbocycles. The summed E-state index contributed by atoms with van der Waals surface area (Å²) in [5.41, 5.74) is 15.9. The van der Waals surface area contributed by atoms with Crippen LogP contribution in [0.5, 0.6) is 0 Å². The Kier molecular flexibility index (Phi) is 8.11. The van der Waals surface area contributed by atoms with Gasteiger partial charge in [0.25, 0.3) is 0 Å². The highest BCUT2D eigenvalue weighted by Gasteiger charge is 2.17. The Morgan fingerprint density at radius 3 is 0.897 bits per heavy atom. The number of hydrogen-bond acceptors (Lipinski definition) is 4. The van der Waals surface area contributed by atoms with E-state index in [1.54, 1.807) is 0 Å². The Bertz CT molecular complexity index is 3070. The zero-order chi connectivity index (χ0) is 38.4. The van der Waals surface area contributed by atoms with Gasteiger partial charge in [-0.3, -0.25) is 0 Å². The molecule has 0 N–H and O–H groups in total. The molecule has 4 aromatic heterocycles. The molecule has 4 heteroatoms. The van der Waals surface area contributed by atoms with Crippen molar-refractivity contribution in [2.45, 2.75) is 0 Å². The van der Waals surface area contributed by atoms with Crippen LogP contribution < -0.4 is 0 Å². The number of hydrogen-bond donors (Lipinski definition) is 0. The molecule has 0 spiro atoms. The van der Waals surface area contributed by atoms with Crippen LogP contribution in [0.3, 0.4) is 0 Å². The fourth-order valence-corrected chi connectivity index (χ4v) is 8.10.